The first-order chi connectivity index (χ1) is 11.8. The fraction of sp³-hybridized carbons (Fsp3) is 0.308. The van der Waals surface area contributed by atoms with E-state index in [0.29, 0.717) is 5.56 Å². The zero-order valence-electron chi connectivity index (χ0n) is 12.9. The molecule has 0 heterocycles. The van der Waals surface area contributed by atoms with E-state index in [0.717, 1.165) is 6.08 Å². The number of carbonyl (C=O) groups is 1. The summed E-state index contributed by atoms with van der Waals surface area (Å²) < 4.78 is 9.61. The fourth-order valence-corrected chi connectivity index (χ4v) is 1.56. The standard InChI is InChI=1S/C13H14N2O10/c1-22-12-6-9(2-4-11(12)16)3-5-13(17)23-7-10(25-15(20)21)8-24-14(18)19/h2-6,10,16H,7-8H2,1H3/b5-3+. The first-order valence-electron chi connectivity index (χ1n) is 6.62. The number of benzene rings is 1. The molecular weight excluding hydrogens is 344 g/mol. The van der Waals surface area contributed by atoms with Crippen LogP contribution in [0.3, 0.4) is 0 Å². The average molecular weight is 358 g/mol. The number of carbonyl (C=O) groups excluding carboxylic acids is 1. The van der Waals surface area contributed by atoms with E-state index >= 15 is 0 Å². The summed E-state index contributed by atoms with van der Waals surface area (Å²) in [6.45, 7) is -1.41. The van der Waals surface area contributed by atoms with Crippen LogP contribution in [0.5, 0.6) is 11.5 Å². The predicted molar refractivity (Wildman–Crippen MR) is 79.5 cm³/mol. The largest absolute Gasteiger partial charge is 0.504 e. The van der Waals surface area contributed by atoms with Crippen molar-refractivity contribution in [2.75, 3.05) is 20.3 Å². The second kappa shape index (κ2) is 9.54. The molecule has 0 saturated heterocycles. The van der Waals surface area contributed by atoms with Crippen LogP contribution in [-0.2, 0) is 19.2 Å². The zero-order chi connectivity index (χ0) is 18.8. The van der Waals surface area contributed by atoms with E-state index in [2.05, 4.69) is 9.68 Å². The second-order valence-electron chi connectivity index (χ2n) is 4.37. The highest BCUT2D eigenvalue weighted by molar-refractivity contribution is 5.87. The number of nitrogens with zero attached hydrogens (tertiary/aromatic N) is 2. The molecule has 0 saturated carbocycles. The summed E-state index contributed by atoms with van der Waals surface area (Å²) in [5.74, 6) is -0.746. The maximum Gasteiger partial charge on any atom is 0.330 e. The Hall–Kier alpha value is -3.57. The van der Waals surface area contributed by atoms with E-state index in [4.69, 9.17) is 9.47 Å². The average Bonchev–Trinajstić information content (AvgIpc) is 2.56. The van der Waals surface area contributed by atoms with Gasteiger partial charge in [-0.25, -0.2) is 4.79 Å². The van der Waals surface area contributed by atoms with Crippen molar-refractivity contribution >= 4 is 12.0 Å². The molecule has 0 aliphatic rings. The minimum atomic E-state index is -1.45. The predicted octanol–water partition coefficient (Wildman–Crippen LogP) is 0.742. The molecule has 0 radical (unpaired) electrons. The number of hydrogen-bond acceptors (Lipinski definition) is 10. The van der Waals surface area contributed by atoms with Gasteiger partial charge in [-0.15, -0.1) is 20.2 Å². The first kappa shape index (κ1) is 19.5. The molecule has 0 aromatic heterocycles. The maximum absolute atomic E-state index is 11.6. The van der Waals surface area contributed by atoms with Gasteiger partial charge < -0.3 is 24.3 Å². The minimum absolute atomic E-state index is 0.0761. The Balaban J connectivity index is 2.58. The molecule has 0 bridgehead atoms. The zero-order valence-corrected chi connectivity index (χ0v) is 12.9. The van der Waals surface area contributed by atoms with Gasteiger partial charge in [0.05, 0.1) is 7.11 Å². The van der Waals surface area contributed by atoms with Crippen molar-refractivity contribution in [2.45, 2.75) is 6.10 Å². The summed E-state index contributed by atoms with van der Waals surface area (Å²) in [5, 5.41) is 27.5. The van der Waals surface area contributed by atoms with E-state index in [1.807, 2.05) is 0 Å². The van der Waals surface area contributed by atoms with E-state index in [1.54, 1.807) is 0 Å². The quantitative estimate of drug-likeness (QED) is 0.273. The summed E-state index contributed by atoms with van der Waals surface area (Å²) in [7, 11) is 1.36. The minimum Gasteiger partial charge on any atom is -0.504 e. The molecule has 1 atom stereocenters. The monoisotopic (exact) mass is 358 g/mol. The van der Waals surface area contributed by atoms with E-state index in [1.165, 1.54) is 31.4 Å². The normalized spacial score (nSPS) is 11.6. The molecule has 1 aromatic rings. The van der Waals surface area contributed by atoms with Crippen LogP contribution in [0, 0.1) is 20.2 Å². The number of rotatable bonds is 10. The number of aromatic hydroxyl groups is 1. The molecular formula is C13H14N2O10. The van der Waals surface area contributed by atoms with Crippen molar-refractivity contribution in [2.24, 2.45) is 0 Å². The fourth-order valence-electron chi connectivity index (χ4n) is 1.56. The van der Waals surface area contributed by atoms with Gasteiger partial charge in [0.1, 0.15) is 13.2 Å². The Morgan fingerprint density at radius 1 is 1.28 bits per heavy atom. The maximum atomic E-state index is 11.6. The summed E-state index contributed by atoms with van der Waals surface area (Å²) in [6, 6.07) is 4.33. The molecule has 0 amide bonds. The molecule has 12 nitrogen and oxygen atoms in total. The summed E-state index contributed by atoms with van der Waals surface area (Å²) in [4.78, 5) is 40.0. The second-order valence-corrected chi connectivity index (χ2v) is 4.37. The highest BCUT2D eigenvalue weighted by Crippen LogP contribution is 2.26. The molecule has 1 aromatic carbocycles. The highest BCUT2D eigenvalue weighted by Gasteiger charge is 2.17. The molecule has 0 aliphatic heterocycles. The van der Waals surface area contributed by atoms with Gasteiger partial charge in [-0.05, 0) is 23.8 Å². The van der Waals surface area contributed by atoms with Gasteiger partial charge in [0.25, 0.3) is 10.2 Å². The van der Waals surface area contributed by atoms with Gasteiger partial charge in [-0.1, -0.05) is 6.07 Å². The van der Waals surface area contributed by atoms with Crippen molar-refractivity contribution in [3.8, 4) is 11.5 Å². The lowest BCUT2D eigenvalue weighted by molar-refractivity contribution is -0.790. The molecule has 25 heavy (non-hydrogen) atoms. The van der Waals surface area contributed by atoms with Gasteiger partial charge in [-0.2, -0.15) is 0 Å². The van der Waals surface area contributed by atoms with Gasteiger partial charge in [-0.3, -0.25) is 0 Å². The van der Waals surface area contributed by atoms with E-state index < -0.39 is 35.5 Å². The smallest absolute Gasteiger partial charge is 0.330 e. The Bertz CT molecular complexity index is 660. The molecule has 12 heteroatoms. The number of ether oxygens (including phenoxy) is 2. The SMILES string of the molecule is COc1cc(/C=C/C(=O)OCC(CO[N+](=O)[O-])O[N+](=O)[O-])ccc1O. The van der Waals surface area contributed by atoms with Crippen molar-refractivity contribution in [3.05, 3.63) is 50.1 Å². The van der Waals surface area contributed by atoms with Crippen LogP contribution >= 0.6 is 0 Å². The number of hydrogen-bond donors (Lipinski definition) is 1. The van der Waals surface area contributed by atoms with Gasteiger partial charge >= 0.3 is 5.97 Å². The Kier molecular flexibility index (Phi) is 7.43. The number of phenols is 1. The topological polar surface area (TPSA) is 160 Å². The first-order valence-corrected chi connectivity index (χ1v) is 6.62. The lowest BCUT2D eigenvalue weighted by Gasteiger charge is -2.12. The van der Waals surface area contributed by atoms with E-state index in [-0.39, 0.29) is 11.5 Å². The lowest BCUT2D eigenvalue weighted by atomic mass is 10.2. The van der Waals surface area contributed by atoms with Crippen molar-refractivity contribution < 1.29 is 39.2 Å². The third-order valence-corrected chi connectivity index (χ3v) is 2.63. The van der Waals surface area contributed by atoms with Crippen LogP contribution < -0.4 is 4.74 Å². The Morgan fingerprint density at radius 3 is 2.60 bits per heavy atom. The summed E-state index contributed by atoms with van der Waals surface area (Å²) in [6.07, 6.45) is 0.913. The van der Waals surface area contributed by atoms with Crippen LogP contribution in [0.15, 0.2) is 24.3 Å². The number of esters is 1. The van der Waals surface area contributed by atoms with Crippen molar-refractivity contribution in [3.63, 3.8) is 0 Å². The molecule has 0 spiro atoms. The molecule has 1 unspecified atom stereocenters. The molecule has 1 N–H and O–H groups in total. The van der Waals surface area contributed by atoms with Crippen molar-refractivity contribution in [1.82, 2.24) is 0 Å². The molecule has 0 aliphatic carbocycles. The van der Waals surface area contributed by atoms with Gasteiger partial charge in [0, 0.05) is 6.08 Å². The van der Waals surface area contributed by atoms with Crippen molar-refractivity contribution in [1.29, 1.82) is 0 Å². The molecule has 0 fully saturated rings. The van der Waals surface area contributed by atoms with Crippen LogP contribution in [0.4, 0.5) is 0 Å². The summed E-state index contributed by atoms with van der Waals surface area (Å²) >= 11 is 0. The third kappa shape index (κ3) is 7.49. The van der Waals surface area contributed by atoms with Crippen LogP contribution in [0.1, 0.15) is 5.56 Å². The van der Waals surface area contributed by atoms with Gasteiger partial charge in [0.15, 0.2) is 17.6 Å². The van der Waals surface area contributed by atoms with Gasteiger partial charge in [0.2, 0.25) is 0 Å². The van der Waals surface area contributed by atoms with Crippen LogP contribution in [-0.4, -0.2) is 47.7 Å². The van der Waals surface area contributed by atoms with Crippen LogP contribution in [0.2, 0.25) is 0 Å². The lowest BCUT2D eigenvalue weighted by Crippen LogP contribution is -2.30. The highest BCUT2D eigenvalue weighted by atomic mass is 17.0. The summed E-state index contributed by atoms with van der Waals surface area (Å²) in [5.41, 5.74) is 0.515. The number of phenolic OH excluding ortho intramolecular Hbond substituents is 1. The molecule has 136 valence electrons. The van der Waals surface area contributed by atoms with E-state index in [9.17, 15) is 30.1 Å². The Morgan fingerprint density at radius 2 is 2.00 bits per heavy atom. The third-order valence-electron chi connectivity index (χ3n) is 2.63. The number of methoxy groups -OCH3 is 1. The van der Waals surface area contributed by atoms with Crippen LogP contribution in [0.25, 0.3) is 6.08 Å². The Labute approximate surface area is 140 Å². The molecule has 1 rings (SSSR count).